The molecule has 1 atom stereocenters. The molecule has 0 radical (unpaired) electrons. The monoisotopic (exact) mass is 335 g/mol. The number of benzene rings is 2. The normalized spacial score (nSPS) is 13.6. The second-order valence-corrected chi connectivity index (χ2v) is 5.27. The molecule has 0 saturated heterocycles. The first-order chi connectivity index (χ1) is 11.6. The number of rotatable bonds is 5. The molecule has 5 nitrogen and oxygen atoms in total. The van der Waals surface area contributed by atoms with Crippen molar-refractivity contribution in [3.8, 4) is 11.5 Å². The highest BCUT2D eigenvalue weighted by Gasteiger charge is 2.19. The Morgan fingerprint density at radius 1 is 1.17 bits per heavy atom. The first kappa shape index (κ1) is 16.2. The molecule has 2 aromatic carbocycles. The number of carbonyl (C=O) groups excluding carboxylic acids is 1. The number of hydrogen-bond donors (Lipinski definition) is 2. The molecule has 0 aromatic heterocycles. The van der Waals surface area contributed by atoms with Crippen LogP contribution in [0.3, 0.4) is 0 Å². The summed E-state index contributed by atoms with van der Waals surface area (Å²) >= 11 is 0. The molecule has 0 aliphatic carbocycles. The molecule has 0 spiro atoms. The number of fused-ring (bicyclic) bond motifs is 1. The Balaban J connectivity index is 1.57. The summed E-state index contributed by atoms with van der Waals surface area (Å²) in [5.74, 6) is -1.56. The minimum atomic E-state index is -0.927. The maximum atomic E-state index is 13.5. The summed E-state index contributed by atoms with van der Waals surface area (Å²) in [6, 6.07) is 8.25. The highest BCUT2D eigenvalue weighted by atomic mass is 19.1. The van der Waals surface area contributed by atoms with E-state index in [1.54, 1.807) is 18.2 Å². The Morgan fingerprint density at radius 3 is 2.62 bits per heavy atom. The van der Waals surface area contributed by atoms with Crippen LogP contribution < -0.4 is 14.8 Å². The van der Waals surface area contributed by atoms with Gasteiger partial charge in [-0.1, -0.05) is 12.1 Å². The number of ether oxygens (including phenoxy) is 2. The summed E-state index contributed by atoms with van der Waals surface area (Å²) in [5, 5.41) is 12.5. The van der Waals surface area contributed by atoms with Crippen LogP contribution in [0.15, 0.2) is 36.4 Å². The van der Waals surface area contributed by atoms with Crippen LogP contribution in [0.4, 0.5) is 8.78 Å². The predicted octanol–water partition coefficient (Wildman–Crippen LogP) is 2.55. The topological polar surface area (TPSA) is 67.8 Å². The van der Waals surface area contributed by atoms with Crippen molar-refractivity contribution in [1.82, 2.24) is 5.32 Å². The van der Waals surface area contributed by atoms with Gasteiger partial charge in [-0.3, -0.25) is 4.79 Å². The lowest BCUT2D eigenvalue weighted by Crippen LogP contribution is -2.27. The third-order valence-electron chi connectivity index (χ3n) is 3.67. The van der Waals surface area contributed by atoms with Crippen molar-refractivity contribution in [2.75, 3.05) is 13.3 Å². The molecule has 1 aliphatic heterocycles. The van der Waals surface area contributed by atoms with E-state index in [0.29, 0.717) is 17.1 Å². The van der Waals surface area contributed by atoms with Crippen molar-refractivity contribution in [3.05, 3.63) is 59.2 Å². The zero-order chi connectivity index (χ0) is 17.1. The first-order valence-corrected chi connectivity index (χ1v) is 7.36. The van der Waals surface area contributed by atoms with E-state index in [1.165, 1.54) is 6.07 Å². The van der Waals surface area contributed by atoms with Gasteiger partial charge >= 0.3 is 0 Å². The number of hydrogen-bond acceptors (Lipinski definition) is 4. The van der Waals surface area contributed by atoms with E-state index in [-0.39, 0.29) is 19.8 Å². The van der Waals surface area contributed by atoms with E-state index < -0.39 is 29.2 Å². The zero-order valence-electron chi connectivity index (χ0n) is 12.6. The summed E-state index contributed by atoms with van der Waals surface area (Å²) in [5.41, 5.74) is -0.0272. The molecule has 2 N–H and O–H groups in total. The largest absolute Gasteiger partial charge is 0.454 e. The van der Waals surface area contributed by atoms with Gasteiger partial charge in [0.25, 0.3) is 5.91 Å². The maximum Gasteiger partial charge on any atom is 0.257 e. The zero-order valence-corrected chi connectivity index (χ0v) is 12.6. The van der Waals surface area contributed by atoms with E-state index in [2.05, 4.69) is 5.32 Å². The first-order valence-electron chi connectivity index (χ1n) is 7.36. The minimum Gasteiger partial charge on any atom is -0.454 e. The highest BCUT2D eigenvalue weighted by Crippen LogP contribution is 2.34. The fraction of sp³-hybridized carbons (Fsp3) is 0.235. The fourth-order valence-electron chi connectivity index (χ4n) is 2.41. The molecular formula is C17H15F2NO4. The molecule has 126 valence electrons. The quantitative estimate of drug-likeness (QED) is 0.881. The average molecular weight is 335 g/mol. The molecule has 0 fully saturated rings. The number of halogens is 2. The third kappa shape index (κ3) is 3.30. The molecule has 1 unspecified atom stereocenters. The van der Waals surface area contributed by atoms with Gasteiger partial charge in [0.05, 0.1) is 6.10 Å². The summed E-state index contributed by atoms with van der Waals surface area (Å²) in [6.07, 6.45) is -0.674. The molecule has 3 rings (SSSR count). The van der Waals surface area contributed by atoms with Gasteiger partial charge in [0.15, 0.2) is 11.5 Å². The van der Waals surface area contributed by atoms with Crippen molar-refractivity contribution >= 4 is 5.91 Å². The van der Waals surface area contributed by atoms with Crippen LogP contribution in [0.1, 0.15) is 28.4 Å². The highest BCUT2D eigenvalue weighted by molar-refractivity contribution is 5.94. The summed E-state index contributed by atoms with van der Waals surface area (Å²) in [7, 11) is 0. The van der Waals surface area contributed by atoms with Gasteiger partial charge in [0.2, 0.25) is 6.79 Å². The smallest absolute Gasteiger partial charge is 0.257 e. The number of aliphatic hydroxyl groups excluding tert-OH is 1. The molecule has 7 heteroatoms. The van der Waals surface area contributed by atoms with Crippen molar-refractivity contribution in [2.45, 2.75) is 12.5 Å². The van der Waals surface area contributed by atoms with Crippen LogP contribution in [0.5, 0.6) is 11.5 Å². The molecule has 0 saturated carbocycles. The molecule has 1 amide bonds. The van der Waals surface area contributed by atoms with Crippen LogP contribution in [0.2, 0.25) is 0 Å². The van der Waals surface area contributed by atoms with Gasteiger partial charge in [-0.25, -0.2) is 8.78 Å². The average Bonchev–Trinajstić information content (AvgIpc) is 3.02. The Bertz CT molecular complexity index is 746. The maximum absolute atomic E-state index is 13.5. The van der Waals surface area contributed by atoms with Gasteiger partial charge in [0, 0.05) is 6.54 Å². The summed E-state index contributed by atoms with van der Waals surface area (Å²) in [4.78, 5) is 11.8. The van der Waals surface area contributed by atoms with E-state index in [1.807, 2.05) is 0 Å². The molecular weight excluding hydrogens is 320 g/mol. The SMILES string of the molecule is O=C(NCCC(O)c1ccc2c(c1)OCO2)c1c(F)cccc1F. The van der Waals surface area contributed by atoms with Gasteiger partial charge < -0.3 is 19.9 Å². The summed E-state index contributed by atoms with van der Waals surface area (Å²) in [6.45, 7) is 0.196. The van der Waals surface area contributed by atoms with Crippen molar-refractivity contribution in [1.29, 1.82) is 0 Å². The van der Waals surface area contributed by atoms with Gasteiger partial charge in [0.1, 0.15) is 17.2 Å². The van der Waals surface area contributed by atoms with E-state index in [0.717, 1.165) is 12.1 Å². The lowest BCUT2D eigenvalue weighted by molar-refractivity contribution is 0.0934. The predicted molar refractivity (Wildman–Crippen MR) is 80.8 cm³/mol. The fourth-order valence-corrected chi connectivity index (χ4v) is 2.41. The van der Waals surface area contributed by atoms with E-state index in [9.17, 15) is 18.7 Å². The molecule has 1 heterocycles. The number of amides is 1. The van der Waals surface area contributed by atoms with Crippen LogP contribution in [0.25, 0.3) is 0 Å². The molecule has 24 heavy (non-hydrogen) atoms. The molecule has 1 aliphatic rings. The number of aliphatic hydroxyl groups is 1. The van der Waals surface area contributed by atoms with Gasteiger partial charge in [-0.15, -0.1) is 0 Å². The standard InChI is InChI=1S/C17H15F2NO4/c18-11-2-1-3-12(19)16(11)17(22)20-7-6-13(21)10-4-5-14-15(8-10)24-9-23-14/h1-5,8,13,21H,6-7,9H2,(H,20,22). The molecule has 2 aromatic rings. The van der Waals surface area contributed by atoms with Crippen LogP contribution in [-0.2, 0) is 0 Å². The van der Waals surface area contributed by atoms with Crippen LogP contribution in [0, 0.1) is 11.6 Å². The Labute approximate surface area is 136 Å². The lowest BCUT2D eigenvalue weighted by atomic mass is 10.1. The van der Waals surface area contributed by atoms with Gasteiger partial charge in [-0.05, 0) is 36.2 Å². The number of carbonyl (C=O) groups is 1. The third-order valence-corrected chi connectivity index (χ3v) is 3.67. The number of nitrogens with one attached hydrogen (secondary N) is 1. The Hall–Kier alpha value is -2.67. The minimum absolute atomic E-state index is 0.0578. The second kappa shape index (κ2) is 6.84. The summed E-state index contributed by atoms with van der Waals surface area (Å²) < 4.78 is 37.4. The molecule has 0 bridgehead atoms. The van der Waals surface area contributed by atoms with Crippen molar-refractivity contribution in [3.63, 3.8) is 0 Å². The van der Waals surface area contributed by atoms with Crippen molar-refractivity contribution < 1.29 is 28.2 Å². The van der Waals surface area contributed by atoms with E-state index >= 15 is 0 Å². The van der Waals surface area contributed by atoms with E-state index in [4.69, 9.17) is 9.47 Å². The van der Waals surface area contributed by atoms with Crippen LogP contribution >= 0.6 is 0 Å². The second-order valence-electron chi connectivity index (χ2n) is 5.27. The van der Waals surface area contributed by atoms with Crippen molar-refractivity contribution in [2.24, 2.45) is 0 Å². The lowest BCUT2D eigenvalue weighted by Gasteiger charge is -2.12. The van der Waals surface area contributed by atoms with Crippen LogP contribution in [-0.4, -0.2) is 24.4 Å². The Kier molecular flexibility index (Phi) is 4.61. The van der Waals surface area contributed by atoms with Gasteiger partial charge in [-0.2, -0.15) is 0 Å². The Morgan fingerprint density at radius 2 is 1.88 bits per heavy atom.